The summed E-state index contributed by atoms with van der Waals surface area (Å²) in [6.07, 6.45) is 3.82. The Morgan fingerprint density at radius 1 is 0.968 bits per heavy atom. The summed E-state index contributed by atoms with van der Waals surface area (Å²) in [6, 6.07) is 19.0. The van der Waals surface area contributed by atoms with Crippen molar-refractivity contribution in [3.63, 3.8) is 0 Å². The van der Waals surface area contributed by atoms with Crippen LogP contribution in [0.2, 0.25) is 0 Å². The molecule has 2 aromatic heterocycles. The average molecular weight is 414 g/mol. The van der Waals surface area contributed by atoms with Crippen molar-refractivity contribution in [1.29, 1.82) is 0 Å². The van der Waals surface area contributed by atoms with Crippen LogP contribution < -0.4 is 5.32 Å². The summed E-state index contributed by atoms with van der Waals surface area (Å²) in [5, 5.41) is 4.62. The molecule has 3 heterocycles. The molecular weight excluding hydrogens is 386 g/mol. The van der Waals surface area contributed by atoms with E-state index in [1.54, 1.807) is 6.33 Å². The first kappa shape index (κ1) is 19.7. The first-order valence-electron chi connectivity index (χ1n) is 10.8. The van der Waals surface area contributed by atoms with Crippen LogP contribution in [-0.4, -0.2) is 58.8 Å². The number of morpholine rings is 1. The number of anilines is 1. The molecule has 1 fully saturated rings. The second-order valence-electron chi connectivity index (χ2n) is 7.92. The highest BCUT2D eigenvalue weighted by atomic mass is 16.5. The summed E-state index contributed by atoms with van der Waals surface area (Å²) in [5.74, 6) is 0.878. The van der Waals surface area contributed by atoms with Gasteiger partial charge in [-0.05, 0) is 24.6 Å². The van der Waals surface area contributed by atoms with Crippen LogP contribution in [0.15, 0.2) is 67.1 Å². The van der Waals surface area contributed by atoms with Crippen LogP contribution in [0.3, 0.4) is 0 Å². The van der Waals surface area contributed by atoms with Crippen molar-refractivity contribution in [1.82, 2.24) is 19.4 Å². The van der Waals surface area contributed by atoms with Crippen molar-refractivity contribution in [2.75, 3.05) is 44.7 Å². The number of fused-ring (bicyclic) bond motifs is 1. The monoisotopic (exact) mass is 413 g/mol. The van der Waals surface area contributed by atoms with Crippen LogP contribution in [0.25, 0.3) is 27.8 Å². The Kier molecular flexibility index (Phi) is 5.65. The van der Waals surface area contributed by atoms with Crippen LogP contribution >= 0.6 is 0 Å². The molecule has 0 unspecified atom stereocenters. The minimum atomic E-state index is 0.815. The summed E-state index contributed by atoms with van der Waals surface area (Å²) in [5.41, 5.74) is 5.53. The highest BCUT2D eigenvalue weighted by Crippen LogP contribution is 2.35. The molecule has 4 aromatic rings. The van der Waals surface area contributed by atoms with Gasteiger partial charge in [-0.1, -0.05) is 48.0 Å². The molecule has 0 spiro atoms. The molecule has 158 valence electrons. The van der Waals surface area contributed by atoms with Gasteiger partial charge in [-0.3, -0.25) is 4.90 Å². The van der Waals surface area contributed by atoms with E-state index in [0.717, 1.165) is 73.1 Å². The summed E-state index contributed by atoms with van der Waals surface area (Å²) < 4.78 is 7.61. The zero-order valence-corrected chi connectivity index (χ0v) is 17.8. The molecule has 0 radical (unpaired) electrons. The maximum Gasteiger partial charge on any atom is 0.150 e. The Balaban J connectivity index is 1.54. The molecule has 0 atom stereocenters. The average Bonchev–Trinajstić information content (AvgIpc) is 3.21. The van der Waals surface area contributed by atoms with Gasteiger partial charge in [0.05, 0.1) is 18.6 Å². The van der Waals surface area contributed by atoms with E-state index in [1.807, 2.05) is 6.07 Å². The lowest BCUT2D eigenvalue weighted by molar-refractivity contribution is 0.0398. The lowest BCUT2D eigenvalue weighted by atomic mass is 10.1. The summed E-state index contributed by atoms with van der Waals surface area (Å²) in [4.78, 5) is 11.7. The van der Waals surface area contributed by atoms with E-state index in [4.69, 9.17) is 4.74 Å². The van der Waals surface area contributed by atoms with Crippen molar-refractivity contribution in [2.45, 2.75) is 6.92 Å². The topological polar surface area (TPSA) is 55.2 Å². The second kappa shape index (κ2) is 8.88. The van der Waals surface area contributed by atoms with E-state index < -0.39 is 0 Å². The quantitative estimate of drug-likeness (QED) is 0.515. The number of nitrogens with one attached hydrogen (secondary N) is 1. The fourth-order valence-electron chi connectivity index (χ4n) is 4.09. The predicted octanol–water partition coefficient (Wildman–Crippen LogP) is 4.14. The molecule has 0 saturated carbocycles. The van der Waals surface area contributed by atoms with Gasteiger partial charge in [0.15, 0.2) is 5.65 Å². The van der Waals surface area contributed by atoms with Crippen molar-refractivity contribution in [2.24, 2.45) is 0 Å². The third-order valence-electron chi connectivity index (χ3n) is 5.80. The molecule has 1 aliphatic rings. The second-order valence-corrected chi connectivity index (χ2v) is 7.92. The van der Waals surface area contributed by atoms with E-state index in [-0.39, 0.29) is 0 Å². The number of hydrogen-bond acceptors (Lipinski definition) is 5. The summed E-state index contributed by atoms with van der Waals surface area (Å²) in [7, 11) is 0. The minimum absolute atomic E-state index is 0.815. The number of ether oxygens (including phenoxy) is 1. The molecule has 0 amide bonds. The van der Waals surface area contributed by atoms with Crippen LogP contribution in [-0.2, 0) is 4.74 Å². The maximum absolute atomic E-state index is 5.45. The van der Waals surface area contributed by atoms with Gasteiger partial charge in [-0.15, -0.1) is 0 Å². The standard InChI is InChI=1S/C25H27N5O/c1-19-7-9-21(10-8-19)30-17-22(20-5-3-2-4-6-20)23-24(27-18-28-25(23)30)26-11-12-29-13-15-31-16-14-29/h2-10,17-18H,11-16H2,1H3,(H,26,27,28). The van der Waals surface area contributed by atoms with Gasteiger partial charge in [0.2, 0.25) is 0 Å². The molecular formula is C25H27N5O. The van der Waals surface area contributed by atoms with E-state index in [9.17, 15) is 0 Å². The normalized spacial score (nSPS) is 14.7. The van der Waals surface area contributed by atoms with Crippen molar-refractivity contribution in [3.8, 4) is 16.8 Å². The van der Waals surface area contributed by atoms with Crippen LogP contribution in [0, 0.1) is 6.92 Å². The highest BCUT2D eigenvalue weighted by Gasteiger charge is 2.17. The maximum atomic E-state index is 5.45. The predicted molar refractivity (Wildman–Crippen MR) is 125 cm³/mol. The molecule has 2 aromatic carbocycles. The van der Waals surface area contributed by atoms with Gasteiger partial charge in [0.1, 0.15) is 12.1 Å². The van der Waals surface area contributed by atoms with Gasteiger partial charge in [-0.2, -0.15) is 0 Å². The van der Waals surface area contributed by atoms with E-state index in [0.29, 0.717) is 0 Å². The van der Waals surface area contributed by atoms with Crippen LogP contribution in [0.5, 0.6) is 0 Å². The third kappa shape index (κ3) is 4.17. The van der Waals surface area contributed by atoms with E-state index in [2.05, 4.69) is 86.4 Å². The zero-order valence-electron chi connectivity index (χ0n) is 17.8. The molecule has 1 saturated heterocycles. The van der Waals surface area contributed by atoms with E-state index in [1.165, 1.54) is 5.56 Å². The smallest absolute Gasteiger partial charge is 0.150 e. The highest BCUT2D eigenvalue weighted by molar-refractivity contribution is 6.02. The van der Waals surface area contributed by atoms with Gasteiger partial charge >= 0.3 is 0 Å². The number of benzene rings is 2. The van der Waals surface area contributed by atoms with Crippen LogP contribution in [0.1, 0.15) is 5.56 Å². The first-order chi connectivity index (χ1) is 15.3. The molecule has 6 nitrogen and oxygen atoms in total. The number of nitrogens with zero attached hydrogens (tertiary/aromatic N) is 4. The largest absolute Gasteiger partial charge is 0.379 e. The fraction of sp³-hybridized carbons (Fsp3) is 0.280. The summed E-state index contributed by atoms with van der Waals surface area (Å²) >= 11 is 0. The van der Waals surface area contributed by atoms with Crippen molar-refractivity contribution >= 4 is 16.9 Å². The van der Waals surface area contributed by atoms with Crippen molar-refractivity contribution < 1.29 is 4.74 Å². The van der Waals surface area contributed by atoms with E-state index >= 15 is 0 Å². The molecule has 31 heavy (non-hydrogen) atoms. The molecule has 0 bridgehead atoms. The molecule has 6 heteroatoms. The van der Waals surface area contributed by atoms with Gasteiger partial charge in [0, 0.05) is 43.6 Å². The Bertz CT molecular complexity index is 1150. The lowest BCUT2D eigenvalue weighted by Gasteiger charge is -2.26. The van der Waals surface area contributed by atoms with Crippen LogP contribution in [0.4, 0.5) is 5.82 Å². The Labute approximate surface area is 182 Å². The lowest BCUT2D eigenvalue weighted by Crippen LogP contribution is -2.39. The van der Waals surface area contributed by atoms with Gasteiger partial charge in [-0.25, -0.2) is 9.97 Å². The van der Waals surface area contributed by atoms with Gasteiger partial charge in [0.25, 0.3) is 0 Å². The Morgan fingerprint density at radius 3 is 2.52 bits per heavy atom. The third-order valence-corrected chi connectivity index (χ3v) is 5.80. The number of aryl methyl sites for hydroxylation is 1. The van der Waals surface area contributed by atoms with Gasteiger partial charge < -0.3 is 14.6 Å². The Hall–Kier alpha value is -3.22. The SMILES string of the molecule is Cc1ccc(-n2cc(-c3ccccc3)c3c(NCCN4CCOCC4)ncnc32)cc1. The molecule has 1 aliphatic heterocycles. The number of rotatable bonds is 6. The Morgan fingerprint density at radius 2 is 1.74 bits per heavy atom. The molecule has 0 aliphatic carbocycles. The summed E-state index contributed by atoms with van der Waals surface area (Å²) in [6.45, 7) is 7.50. The zero-order chi connectivity index (χ0) is 21.0. The number of hydrogen-bond donors (Lipinski definition) is 1. The fourth-order valence-corrected chi connectivity index (χ4v) is 4.09. The molecule has 1 N–H and O–H groups in total. The number of aromatic nitrogens is 3. The first-order valence-corrected chi connectivity index (χ1v) is 10.8. The van der Waals surface area contributed by atoms with Crippen molar-refractivity contribution in [3.05, 3.63) is 72.7 Å². The molecule has 5 rings (SSSR count). The minimum Gasteiger partial charge on any atom is -0.379 e.